The van der Waals surface area contributed by atoms with Gasteiger partial charge in [0.2, 0.25) is 0 Å². The van der Waals surface area contributed by atoms with E-state index in [9.17, 15) is 36.2 Å². The Bertz CT molecular complexity index is 469. The van der Waals surface area contributed by atoms with E-state index in [0.717, 1.165) is 0 Å². The summed E-state index contributed by atoms with van der Waals surface area (Å²) in [4.78, 5) is 11.4. The van der Waals surface area contributed by atoms with Gasteiger partial charge in [-0.1, -0.05) is 6.58 Å². The van der Waals surface area contributed by atoms with Crippen LogP contribution in [-0.2, 0) is 9.53 Å². The highest BCUT2D eigenvalue weighted by molar-refractivity contribution is 5.81. The first kappa shape index (κ1) is 17.1. The zero-order valence-electron chi connectivity index (χ0n) is 11.3. The van der Waals surface area contributed by atoms with Crippen molar-refractivity contribution < 1.29 is 41.0 Å². The Labute approximate surface area is 121 Å². The maximum absolute atomic E-state index is 13.2. The number of hydrogen-bond donors (Lipinski definition) is 1. The lowest BCUT2D eigenvalue weighted by molar-refractivity contribution is -0.418. The Morgan fingerprint density at radius 3 is 2.05 bits per heavy atom. The number of esters is 1. The van der Waals surface area contributed by atoms with Crippen molar-refractivity contribution >= 4 is 5.97 Å². The quantitative estimate of drug-likeness (QED) is 0.491. The highest BCUT2D eigenvalue weighted by atomic mass is 19.4. The van der Waals surface area contributed by atoms with Gasteiger partial charge in [-0.2, -0.15) is 26.3 Å². The second-order valence-corrected chi connectivity index (χ2v) is 5.80. The minimum absolute atomic E-state index is 0.0313. The predicted octanol–water partition coefficient (Wildman–Crippen LogP) is 3.13. The van der Waals surface area contributed by atoms with E-state index in [1.54, 1.807) is 0 Å². The molecule has 3 atom stereocenters. The number of hydrogen-bond acceptors (Lipinski definition) is 3. The normalized spacial score (nSPS) is 32.1. The fraction of sp³-hybridized carbons (Fsp3) is 0.769. The Morgan fingerprint density at radius 2 is 1.73 bits per heavy atom. The van der Waals surface area contributed by atoms with E-state index >= 15 is 0 Å². The van der Waals surface area contributed by atoms with Gasteiger partial charge in [-0.3, -0.25) is 0 Å². The molecule has 2 fully saturated rings. The first-order chi connectivity index (χ1) is 9.89. The molecule has 0 aromatic heterocycles. The molecule has 0 spiro atoms. The molecule has 0 aliphatic heterocycles. The van der Waals surface area contributed by atoms with E-state index in [1.165, 1.54) is 0 Å². The molecule has 2 saturated carbocycles. The third kappa shape index (κ3) is 2.12. The molecule has 3 nitrogen and oxygen atoms in total. The fourth-order valence-corrected chi connectivity index (χ4v) is 3.78. The largest absolute Gasteiger partial charge is 0.452 e. The number of aliphatic hydroxyl groups is 1. The van der Waals surface area contributed by atoms with Crippen LogP contribution in [0.4, 0.5) is 26.3 Å². The van der Waals surface area contributed by atoms with Crippen molar-refractivity contribution in [2.45, 2.75) is 49.2 Å². The Hall–Kier alpha value is -1.25. The Morgan fingerprint density at radius 1 is 1.18 bits per heavy atom. The summed E-state index contributed by atoms with van der Waals surface area (Å²) in [7, 11) is 0. The van der Waals surface area contributed by atoms with Crippen molar-refractivity contribution in [2.24, 2.45) is 11.8 Å². The molecule has 0 saturated heterocycles. The summed E-state index contributed by atoms with van der Waals surface area (Å²) in [6.45, 7) is 2.98. The minimum Gasteiger partial charge on any atom is -0.452 e. The smallest absolute Gasteiger partial charge is 0.430 e. The summed E-state index contributed by atoms with van der Waals surface area (Å²) in [6, 6.07) is 0. The molecule has 2 rings (SSSR count). The molecule has 0 aromatic rings. The molecule has 2 bridgehead atoms. The van der Waals surface area contributed by atoms with Crippen LogP contribution in [0.5, 0.6) is 0 Å². The molecule has 9 heteroatoms. The summed E-state index contributed by atoms with van der Waals surface area (Å²) < 4.78 is 83.7. The van der Waals surface area contributed by atoms with E-state index in [4.69, 9.17) is 0 Å². The van der Waals surface area contributed by atoms with Crippen LogP contribution in [-0.4, -0.2) is 34.6 Å². The first-order valence-corrected chi connectivity index (χ1v) is 6.60. The second kappa shape index (κ2) is 4.87. The Kier molecular flexibility index (Phi) is 3.79. The van der Waals surface area contributed by atoms with Crippen molar-refractivity contribution in [1.29, 1.82) is 0 Å². The molecule has 126 valence electrons. The highest BCUT2D eigenvalue weighted by Crippen LogP contribution is 2.63. The van der Waals surface area contributed by atoms with Gasteiger partial charge in [0.1, 0.15) is 0 Å². The van der Waals surface area contributed by atoms with Crippen LogP contribution in [0.2, 0.25) is 0 Å². The van der Waals surface area contributed by atoms with Crippen molar-refractivity contribution in [3.63, 3.8) is 0 Å². The van der Waals surface area contributed by atoms with Crippen molar-refractivity contribution in [3.8, 4) is 0 Å². The minimum atomic E-state index is -6.03. The predicted molar refractivity (Wildman–Crippen MR) is 61.5 cm³/mol. The number of carbonyl (C=O) groups excluding carboxylic acids is 1. The van der Waals surface area contributed by atoms with Gasteiger partial charge >= 0.3 is 18.3 Å². The van der Waals surface area contributed by atoms with Crippen LogP contribution >= 0.6 is 0 Å². The van der Waals surface area contributed by atoms with Gasteiger partial charge in [-0.25, -0.2) is 4.79 Å². The molecular formula is C13H14F6O3. The lowest BCUT2D eigenvalue weighted by Crippen LogP contribution is -2.73. The average molecular weight is 332 g/mol. The monoisotopic (exact) mass is 332 g/mol. The van der Waals surface area contributed by atoms with Crippen LogP contribution in [0.1, 0.15) is 25.7 Å². The summed E-state index contributed by atoms with van der Waals surface area (Å²) >= 11 is 0. The van der Waals surface area contributed by atoms with Crippen LogP contribution in [0.25, 0.3) is 0 Å². The molecule has 0 amide bonds. The van der Waals surface area contributed by atoms with E-state index in [2.05, 4.69) is 11.3 Å². The molecule has 22 heavy (non-hydrogen) atoms. The average Bonchev–Trinajstić information content (AvgIpc) is 2.95. The fourth-order valence-electron chi connectivity index (χ4n) is 3.78. The highest BCUT2D eigenvalue weighted by Gasteiger charge is 2.84. The van der Waals surface area contributed by atoms with Gasteiger partial charge in [-0.15, -0.1) is 0 Å². The lowest BCUT2D eigenvalue weighted by Gasteiger charge is -2.49. The van der Waals surface area contributed by atoms with Gasteiger partial charge in [-0.05, 0) is 31.6 Å². The topological polar surface area (TPSA) is 46.5 Å². The van der Waals surface area contributed by atoms with Gasteiger partial charge in [0.05, 0.1) is 0 Å². The number of halogens is 6. The maximum atomic E-state index is 13.2. The molecule has 0 radical (unpaired) electrons. The number of fused-ring (bicyclic) bond motifs is 2. The van der Waals surface area contributed by atoms with Gasteiger partial charge < -0.3 is 9.84 Å². The summed E-state index contributed by atoms with van der Waals surface area (Å²) in [5, 5.41) is 9.74. The third-order valence-corrected chi connectivity index (χ3v) is 4.67. The van der Waals surface area contributed by atoms with Crippen molar-refractivity contribution in [3.05, 3.63) is 12.7 Å². The molecule has 1 N–H and O–H groups in total. The SMILES string of the molecule is C=CC(=O)OC1(C(O)(C(F)(F)F)C(F)(F)F)CC2CCC1C2. The van der Waals surface area contributed by atoms with Crippen LogP contribution in [0, 0.1) is 11.8 Å². The van der Waals surface area contributed by atoms with E-state index in [0.29, 0.717) is 12.5 Å². The lowest BCUT2D eigenvalue weighted by atomic mass is 9.70. The molecule has 2 aliphatic rings. The summed E-state index contributed by atoms with van der Waals surface area (Å²) in [5.74, 6) is -3.06. The van der Waals surface area contributed by atoms with Crippen molar-refractivity contribution in [2.75, 3.05) is 0 Å². The van der Waals surface area contributed by atoms with E-state index in [-0.39, 0.29) is 12.8 Å². The number of carbonyl (C=O) groups is 1. The van der Waals surface area contributed by atoms with E-state index < -0.39 is 47.8 Å². The zero-order valence-corrected chi connectivity index (χ0v) is 11.3. The molecule has 0 heterocycles. The Balaban J connectivity index is 2.61. The number of alkyl halides is 6. The molecular weight excluding hydrogens is 318 g/mol. The second-order valence-electron chi connectivity index (χ2n) is 5.80. The number of ether oxygens (including phenoxy) is 1. The molecule has 2 aliphatic carbocycles. The summed E-state index contributed by atoms with van der Waals surface area (Å²) in [5.41, 5.74) is -8.16. The van der Waals surface area contributed by atoms with E-state index in [1.807, 2.05) is 0 Å². The molecule has 0 aromatic carbocycles. The third-order valence-electron chi connectivity index (χ3n) is 4.67. The first-order valence-electron chi connectivity index (χ1n) is 6.60. The maximum Gasteiger partial charge on any atom is 0.430 e. The standard InChI is InChI=1S/C13H14F6O3/c1-2-9(20)22-10(6-7-3-4-8(10)5-7)11(21,12(14,15)16)13(17,18)19/h2,7-8,21H,1,3-6H2. The zero-order chi connectivity index (χ0) is 17.0. The van der Waals surface area contributed by atoms with Crippen molar-refractivity contribution in [1.82, 2.24) is 0 Å². The van der Waals surface area contributed by atoms with Gasteiger partial charge in [0, 0.05) is 12.0 Å². The molecule has 3 unspecified atom stereocenters. The van der Waals surface area contributed by atoms with Crippen LogP contribution in [0.15, 0.2) is 12.7 Å². The van der Waals surface area contributed by atoms with Gasteiger partial charge in [0.15, 0.2) is 5.60 Å². The summed E-state index contributed by atoms with van der Waals surface area (Å²) in [6.07, 6.45) is -11.7. The number of rotatable bonds is 3. The van der Waals surface area contributed by atoms with Gasteiger partial charge in [0.25, 0.3) is 5.60 Å². The van der Waals surface area contributed by atoms with Crippen LogP contribution < -0.4 is 0 Å². The van der Waals surface area contributed by atoms with Crippen LogP contribution in [0.3, 0.4) is 0 Å².